The number of benzene rings is 1. The van der Waals surface area contributed by atoms with E-state index in [1.807, 2.05) is 18.3 Å². The van der Waals surface area contributed by atoms with Crippen molar-refractivity contribution in [3.05, 3.63) is 53.3 Å². The molecule has 2 N–H and O–H groups in total. The third-order valence-electron chi connectivity index (χ3n) is 3.78. The van der Waals surface area contributed by atoms with Crippen LogP contribution >= 0.6 is 0 Å². The molecule has 3 rings (SSSR count). The minimum atomic E-state index is 0.836. The van der Waals surface area contributed by atoms with Crippen molar-refractivity contribution in [3.8, 4) is 0 Å². The average molecular weight is 253 g/mol. The van der Waals surface area contributed by atoms with Crippen molar-refractivity contribution in [2.75, 3.05) is 17.2 Å². The third kappa shape index (κ3) is 2.41. The van der Waals surface area contributed by atoms with Crippen molar-refractivity contribution in [1.82, 2.24) is 4.98 Å². The van der Waals surface area contributed by atoms with Crippen molar-refractivity contribution in [3.63, 3.8) is 0 Å². The van der Waals surface area contributed by atoms with Gasteiger partial charge in [-0.05, 0) is 49.1 Å². The molecule has 0 spiro atoms. The highest BCUT2D eigenvalue weighted by Gasteiger charge is 2.18. The maximum absolute atomic E-state index is 5.93. The van der Waals surface area contributed by atoms with Gasteiger partial charge in [-0.1, -0.05) is 12.1 Å². The molecular weight excluding hydrogens is 234 g/mol. The second kappa shape index (κ2) is 4.92. The molecule has 19 heavy (non-hydrogen) atoms. The molecular formula is C16H19N3. The van der Waals surface area contributed by atoms with E-state index < -0.39 is 0 Å². The van der Waals surface area contributed by atoms with Crippen LogP contribution in [0.2, 0.25) is 0 Å². The predicted molar refractivity (Wildman–Crippen MR) is 79.2 cm³/mol. The molecule has 0 saturated carbocycles. The van der Waals surface area contributed by atoms with Crippen LogP contribution in [0.5, 0.6) is 0 Å². The fourth-order valence-corrected chi connectivity index (χ4v) is 2.70. The molecule has 98 valence electrons. The van der Waals surface area contributed by atoms with Crippen LogP contribution in [0.4, 0.5) is 11.4 Å². The molecule has 1 aliphatic heterocycles. The standard InChI is InChI=1S/C16H19N3/c1-12-4-2-8-18-15(12)11-19-9-3-5-13-6-7-14(17)10-16(13)19/h2,4,6-8,10H,3,5,9,11,17H2,1H3. The van der Waals surface area contributed by atoms with Gasteiger partial charge in [0, 0.05) is 24.1 Å². The van der Waals surface area contributed by atoms with Crippen LogP contribution in [-0.4, -0.2) is 11.5 Å². The van der Waals surface area contributed by atoms with Gasteiger partial charge < -0.3 is 10.6 Å². The van der Waals surface area contributed by atoms with Gasteiger partial charge >= 0.3 is 0 Å². The first-order valence-corrected chi connectivity index (χ1v) is 6.78. The molecule has 3 nitrogen and oxygen atoms in total. The van der Waals surface area contributed by atoms with Gasteiger partial charge in [-0.25, -0.2) is 0 Å². The van der Waals surface area contributed by atoms with E-state index in [-0.39, 0.29) is 0 Å². The summed E-state index contributed by atoms with van der Waals surface area (Å²) in [7, 11) is 0. The van der Waals surface area contributed by atoms with Crippen LogP contribution in [0.1, 0.15) is 23.2 Å². The Kier molecular flexibility index (Phi) is 3.11. The largest absolute Gasteiger partial charge is 0.399 e. The molecule has 1 aromatic heterocycles. The molecule has 3 heteroatoms. The minimum absolute atomic E-state index is 0.836. The van der Waals surface area contributed by atoms with Gasteiger partial charge in [-0.3, -0.25) is 4.98 Å². The fourth-order valence-electron chi connectivity index (χ4n) is 2.70. The summed E-state index contributed by atoms with van der Waals surface area (Å²) >= 11 is 0. The number of anilines is 2. The topological polar surface area (TPSA) is 42.2 Å². The van der Waals surface area contributed by atoms with Crippen LogP contribution in [0.3, 0.4) is 0 Å². The Balaban J connectivity index is 1.92. The van der Waals surface area contributed by atoms with Crippen LogP contribution < -0.4 is 10.6 Å². The van der Waals surface area contributed by atoms with Crippen molar-refractivity contribution < 1.29 is 0 Å². The zero-order valence-electron chi connectivity index (χ0n) is 11.3. The first kappa shape index (κ1) is 12.0. The molecule has 0 bridgehead atoms. The van der Waals surface area contributed by atoms with Gasteiger partial charge in [-0.2, -0.15) is 0 Å². The van der Waals surface area contributed by atoms with E-state index in [0.717, 1.165) is 30.9 Å². The number of rotatable bonds is 2. The Bertz CT molecular complexity index is 592. The number of pyridine rings is 1. The third-order valence-corrected chi connectivity index (χ3v) is 3.78. The summed E-state index contributed by atoms with van der Waals surface area (Å²) < 4.78 is 0. The van der Waals surface area contributed by atoms with Gasteiger partial charge in [0.25, 0.3) is 0 Å². The molecule has 1 aliphatic rings. The number of hydrogen-bond donors (Lipinski definition) is 1. The normalized spacial score (nSPS) is 14.3. The molecule has 0 unspecified atom stereocenters. The van der Waals surface area contributed by atoms with Gasteiger partial charge in [0.05, 0.1) is 12.2 Å². The Morgan fingerprint density at radius 1 is 1.32 bits per heavy atom. The lowest BCUT2D eigenvalue weighted by molar-refractivity contribution is 0.682. The predicted octanol–water partition coefficient (Wildman–Crippen LogP) is 2.93. The van der Waals surface area contributed by atoms with E-state index in [4.69, 9.17) is 5.73 Å². The van der Waals surface area contributed by atoms with E-state index >= 15 is 0 Å². The van der Waals surface area contributed by atoms with Crippen molar-refractivity contribution in [2.45, 2.75) is 26.3 Å². The summed E-state index contributed by atoms with van der Waals surface area (Å²) in [5.41, 5.74) is 11.8. The highest BCUT2D eigenvalue weighted by atomic mass is 15.1. The number of nitrogens with two attached hydrogens (primary N) is 1. The SMILES string of the molecule is Cc1cccnc1CN1CCCc2ccc(N)cc21. The molecule has 0 fully saturated rings. The van der Waals surface area contributed by atoms with E-state index in [0.29, 0.717) is 0 Å². The summed E-state index contributed by atoms with van der Waals surface area (Å²) in [6, 6.07) is 10.3. The van der Waals surface area contributed by atoms with Crippen LogP contribution in [0.25, 0.3) is 0 Å². The van der Waals surface area contributed by atoms with Gasteiger partial charge in [0.15, 0.2) is 0 Å². The molecule has 2 aromatic rings. The molecule has 0 atom stereocenters. The van der Waals surface area contributed by atoms with E-state index in [1.54, 1.807) is 0 Å². The number of aryl methyl sites for hydroxylation is 2. The number of nitrogens with zero attached hydrogens (tertiary/aromatic N) is 2. The average Bonchev–Trinajstić information content (AvgIpc) is 2.42. The van der Waals surface area contributed by atoms with Crippen LogP contribution in [0.15, 0.2) is 36.5 Å². The Hall–Kier alpha value is -2.03. The van der Waals surface area contributed by atoms with Crippen LogP contribution in [-0.2, 0) is 13.0 Å². The monoisotopic (exact) mass is 253 g/mol. The molecule has 0 saturated heterocycles. The second-order valence-electron chi connectivity index (χ2n) is 5.18. The Morgan fingerprint density at radius 2 is 2.21 bits per heavy atom. The summed E-state index contributed by atoms with van der Waals surface area (Å²) in [4.78, 5) is 6.89. The number of aromatic nitrogens is 1. The van der Waals surface area contributed by atoms with Gasteiger partial charge in [0.2, 0.25) is 0 Å². The zero-order chi connectivity index (χ0) is 13.2. The van der Waals surface area contributed by atoms with Gasteiger partial charge in [-0.15, -0.1) is 0 Å². The van der Waals surface area contributed by atoms with Crippen molar-refractivity contribution >= 4 is 11.4 Å². The highest BCUT2D eigenvalue weighted by Crippen LogP contribution is 2.30. The van der Waals surface area contributed by atoms with E-state index in [1.165, 1.54) is 23.2 Å². The zero-order valence-corrected chi connectivity index (χ0v) is 11.3. The van der Waals surface area contributed by atoms with Crippen molar-refractivity contribution in [2.24, 2.45) is 0 Å². The molecule has 0 amide bonds. The number of nitrogen functional groups attached to an aromatic ring is 1. The van der Waals surface area contributed by atoms with E-state index in [9.17, 15) is 0 Å². The highest BCUT2D eigenvalue weighted by molar-refractivity contribution is 5.62. The Labute approximate surface area is 114 Å². The van der Waals surface area contributed by atoms with Crippen molar-refractivity contribution in [1.29, 1.82) is 0 Å². The lowest BCUT2D eigenvalue weighted by Crippen LogP contribution is -2.29. The first-order valence-electron chi connectivity index (χ1n) is 6.78. The van der Waals surface area contributed by atoms with E-state index in [2.05, 4.69) is 35.0 Å². The maximum Gasteiger partial charge on any atom is 0.0626 e. The summed E-state index contributed by atoms with van der Waals surface area (Å²) in [5.74, 6) is 0. The quantitative estimate of drug-likeness (QED) is 0.837. The first-order chi connectivity index (χ1) is 9.24. The molecule has 0 radical (unpaired) electrons. The van der Waals surface area contributed by atoms with Gasteiger partial charge in [0.1, 0.15) is 0 Å². The smallest absolute Gasteiger partial charge is 0.0626 e. The fraction of sp³-hybridized carbons (Fsp3) is 0.312. The lowest BCUT2D eigenvalue weighted by atomic mass is 10.0. The lowest BCUT2D eigenvalue weighted by Gasteiger charge is -2.31. The summed E-state index contributed by atoms with van der Waals surface area (Å²) in [5, 5.41) is 0. The molecule has 0 aliphatic carbocycles. The Morgan fingerprint density at radius 3 is 3.05 bits per heavy atom. The number of hydrogen-bond acceptors (Lipinski definition) is 3. The minimum Gasteiger partial charge on any atom is -0.399 e. The molecule has 1 aromatic carbocycles. The molecule has 2 heterocycles. The second-order valence-corrected chi connectivity index (χ2v) is 5.18. The van der Waals surface area contributed by atoms with Crippen LogP contribution in [0, 0.1) is 6.92 Å². The maximum atomic E-state index is 5.93. The summed E-state index contributed by atoms with van der Waals surface area (Å²) in [6.07, 6.45) is 4.21. The summed E-state index contributed by atoms with van der Waals surface area (Å²) in [6.45, 7) is 4.06. The number of fused-ring (bicyclic) bond motifs is 1.